The molecule has 0 aliphatic rings. The predicted molar refractivity (Wildman–Crippen MR) is 97.7 cm³/mol. The zero-order valence-electron chi connectivity index (χ0n) is 14.7. The summed E-state index contributed by atoms with van der Waals surface area (Å²) in [6, 6.07) is 12.1. The molecule has 0 atom stereocenters. The van der Waals surface area contributed by atoms with Crippen molar-refractivity contribution >= 4 is 0 Å². The highest BCUT2D eigenvalue weighted by Gasteiger charge is 2.06. The first-order valence-electron chi connectivity index (χ1n) is 8.45. The SMILES string of the molecule is COc1cc(CNCCn2ccnc2)ccc1OCc1ccc(F)cc1. The van der Waals surface area contributed by atoms with Gasteiger partial charge in [0.25, 0.3) is 0 Å². The Morgan fingerprint density at radius 3 is 2.62 bits per heavy atom. The van der Waals surface area contributed by atoms with Crippen LogP contribution in [0.4, 0.5) is 4.39 Å². The zero-order chi connectivity index (χ0) is 18.2. The molecule has 136 valence electrons. The summed E-state index contributed by atoms with van der Waals surface area (Å²) in [6.45, 7) is 2.82. The van der Waals surface area contributed by atoms with Crippen molar-refractivity contribution in [3.63, 3.8) is 0 Å². The Hall–Kier alpha value is -2.86. The molecule has 1 aromatic heterocycles. The summed E-state index contributed by atoms with van der Waals surface area (Å²) >= 11 is 0. The van der Waals surface area contributed by atoms with Gasteiger partial charge in [-0.05, 0) is 35.4 Å². The number of hydrogen-bond donors (Lipinski definition) is 1. The maximum Gasteiger partial charge on any atom is 0.161 e. The van der Waals surface area contributed by atoms with E-state index in [1.54, 1.807) is 31.8 Å². The van der Waals surface area contributed by atoms with E-state index in [4.69, 9.17) is 9.47 Å². The number of methoxy groups -OCH3 is 1. The molecule has 3 aromatic rings. The molecule has 5 nitrogen and oxygen atoms in total. The first kappa shape index (κ1) is 17.9. The van der Waals surface area contributed by atoms with Crippen LogP contribution in [0.2, 0.25) is 0 Å². The number of nitrogens with one attached hydrogen (secondary N) is 1. The minimum atomic E-state index is -0.253. The van der Waals surface area contributed by atoms with Crippen molar-refractivity contribution in [3.8, 4) is 11.5 Å². The van der Waals surface area contributed by atoms with Gasteiger partial charge in [-0.3, -0.25) is 0 Å². The van der Waals surface area contributed by atoms with E-state index in [1.165, 1.54) is 12.1 Å². The highest BCUT2D eigenvalue weighted by Crippen LogP contribution is 2.28. The Balaban J connectivity index is 1.52. The van der Waals surface area contributed by atoms with E-state index >= 15 is 0 Å². The second-order valence-corrected chi connectivity index (χ2v) is 5.88. The van der Waals surface area contributed by atoms with Crippen LogP contribution in [0, 0.1) is 5.82 Å². The minimum absolute atomic E-state index is 0.253. The van der Waals surface area contributed by atoms with Crippen LogP contribution in [0.15, 0.2) is 61.2 Å². The number of nitrogens with zero attached hydrogens (tertiary/aromatic N) is 2. The summed E-state index contributed by atoms with van der Waals surface area (Å²) in [5.74, 6) is 1.09. The number of hydrogen-bond acceptors (Lipinski definition) is 4. The largest absolute Gasteiger partial charge is 0.493 e. The summed E-state index contributed by atoms with van der Waals surface area (Å²) in [6.07, 6.45) is 5.52. The van der Waals surface area contributed by atoms with Crippen LogP contribution in [-0.4, -0.2) is 23.2 Å². The molecule has 26 heavy (non-hydrogen) atoms. The van der Waals surface area contributed by atoms with E-state index < -0.39 is 0 Å². The Bertz CT molecular complexity index is 804. The van der Waals surface area contributed by atoms with Crippen LogP contribution in [0.3, 0.4) is 0 Å². The van der Waals surface area contributed by atoms with Gasteiger partial charge in [0, 0.05) is 32.0 Å². The van der Waals surface area contributed by atoms with Crippen molar-refractivity contribution in [2.75, 3.05) is 13.7 Å². The average Bonchev–Trinajstić information content (AvgIpc) is 3.18. The van der Waals surface area contributed by atoms with Gasteiger partial charge < -0.3 is 19.4 Å². The fourth-order valence-electron chi connectivity index (χ4n) is 2.54. The van der Waals surface area contributed by atoms with Gasteiger partial charge in [0.15, 0.2) is 11.5 Å². The lowest BCUT2D eigenvalue weighted by atomic mass is 10.2. The number of halogens is 1. The first-order valence-corrected chi connectivity index (χ1v) is 8.45. The molecule has 1 N–H and O–H groups in total. The van der Waals surface area contributed by atoms with Crippen LogP contribution in [-0.2, 0) is 19.7 Å². The summed E-state index contributed by atoms with van der Waals surface area (Å²) in [4.78, 5) is 4.02. The molecule has 0 saturated carbocycles. The summed E-state index contributed by atoms with van der Waals surface area (Å²) < 4.78 is 26.2. The van der Waals surface area contributed by atoms with Crippen molar-refractivity contribution in [1.29, 1.82) is 0 Å². The lowest BCUT2D eigenvalue weighted by Crippen LogP contribution is -2.19. The number of benzene rings is 2. The molecule has 0 radical (unpaired) electrons. The molecule has 0 amide bonds. The average molecular weight is 355 g/mol. The van der Waals surface area contributed by atoms with E-state index in [0.717, 1.165) is 30.8 Å². The van der Waals surface area contributed by atoms with Gasteiger partial charge in [-0.2, -0.15) is 0 Å². The van der Waals surface area contributed by atoms with Gasteiger partial charge in [0.1, 0.15) is 12.4 Å². The van der Waals surface area contributed by atoms with Crippen molar-refractivity contribution in [2.24, 2.45) is 0 Å². The molecular formula is C20H22FN3O2. The van der Waals surface area contributed by atoms with Crippen LogP contribution in [0.5, 0.6) is 11.5 Å². The summed E-state index contributed by atoms with van der Waals surface area (Å²) in [5, 5.41) is 3.39. The highest BCUT2D eigenvalue weighted by molar-refractivity contribution is 5.43. The Labute approximate surface area is 152 Å². The molecule has 1 heterocycles. The van der Waals surface area contributed by atoms with Crippen LogP contribution in [0.25, 0.3) is 0 Å². The van der Waals surface area contributed by atoms with Crippen molar-refractivity contribution in [2.45, 2.75) is 19.7 Å². The minimum Gasteiger partial charge on any atom is -0.493 e. The van der Waals surface area contributed by atoms with Crippen molar-refractivity contribution < 1.29 is 13.9 Å². The van der Waals surface area contributed by atoms with Gasteiger partial charge in [-0.15, -0.1) is 0 Å². The third-order valence-electron chi connectivity index (χ3n) is 3.97. The fraction of sp³-hybridized carbons (Fsp3) is 0.250. The molecule has 0 bridgehead atoms. The molecule has 0 saturated heterocycles. The number of rotatable bonds is 9. The van der Waals surface area contributed by atoms with Gasteiger partial charge in [-0.25, -0.2) is 9.37 Å². The Morgan fingerprint density at radius 1 is 1.08 bits per heavy atom. The molecule has 0 fully saturated rings. The van der Waals surface area contributed by atoms with Crippen molar-refractivity contribution in [3.05, 3.63) is 78.1 Å². The quantitative estimate of drug-likeness (QED) is 0.598. The molecule has 0 unspecified atom stereocenters. The van der Waals surface area contributed by atoms with Crippen molar-refractivity contribution in [1.82, 2.24) is 14.9 Å². The van der Waals surface area contributed by atoms with E-state index in [0.29, 0.717) is 18.1 Å². The monoisotopic (exact) mass is 355 g/mol. The maximum absolute atomic E-state index is 12.9. The van der Waals surface area contributed by atoms with Crippen LogP contribution >= 0.6 is 0 Å². The van der Waals surface area contributed by atoms with Crippen LogP contribution in [0.1, 0.15) is 11.1 Å². The molecule has 3 rings (SSSR count). The zero-order valence-corrected chi connectivity index (χ0v) is 14.7. The number of imidazole rings is 1. The van der Waals surface area contributed by atoms with E-state index in [9.17, 15) is 4.39 Å². The molecule has 6 heteroatoms. The maximum atomic E-state index is 12.9. The van der Waals surface area contributed by atoms with Gasteiger partial charge in [0.05, 0.1) is 13.4 Å². The standard InChI is InChI=1S/C20H22FN3O2/c1-25-20-12-17(13-22-8-10-24-11-9-23-15-24)4-7-19(20)26-14-16-2-5-18(21)6-3-16/h2-7,9,11-12,15,22H,8,10,13-14H2,1H3. The smallest absolute Gasteiger partial charge is 0.161 e. The lowest BCUT2D eigenvalue weighted by Gasteiger charge is -2.13. The van der Waals surface area contributed by atoms with Gasteiger partial charge in [-0.1, -0.05) is 18.2 Å². The molecule has 0 aliphatic carbocycles. The van der Waals surface area contributed by atoms with E-state index in [-0.39, 0.29) is 5.82 Å². The van der Waals surface area contributed by atoms with E-state index in [2.05, 4.69) is 10.3 Å². The first-order chi connectivity index (χ1) is 12.7. The second-order valence-electron chi connectivity index (χ2n) is 5.88. The van der Waals surface area contributed by atoms with Gasteiger partial charge >= 0.3 is 0 Å². The van der Waals surface area contributed by atoms with Gasteiger partial charge in [0.2, 0.25) is 0 Å². The molecule has 0 aliphatic heterocycles. The molecule has 2 aromatic carbocycles. The second kappa shape index (κ2) is 9.01. The fourth-order valence-corrected chi connectivity index (χ4v) is 2.54. The predicted octanol–water partition coefficient (Wildman–Crippen LogP) is 3.40. The highest BCUT2D eigenvalue weighted by atomic mass is 19.1. The third kappa shape index (κ3) is 5.07. The Morgan fingerprint density at radius 2 is 1.88 bits per heavy atom. The third-order valence-corrected chi connectivity index (χ3v) is 3.97. The topological polar surface area (TPSA) is 48.3 Å². The molecule has 0 spiro atoms. The van der Waals surface area contributed by atoms with E-state index in [1.807, 2.05) is 29.0 Å². The number of aromatic nitrogens is 2. The van der Waals surface area contributed by atoms with Crippen LogP contribution < -0.4 is 14.8 Å². The lowest BCUT2D eigenvalue weighted by molar-refractivity contribution is 0.284. The summed E-state index contributed by atoms with van der Waals surface area (Å²) in [5.41, 5.74) is 2.01. The normalized spacial score (nSPS) is 10.7. The number of ether oxygens (including phenoxy) is 2. The molecular weight excluding hydrogens is 333 g/mol. The summed E-state index contributed by atoms with van der Waals surface area (Å²) in [7, 11) is 1.62. The Kier molecular flexibility index (Phi) is 6.22.